The zero-order chi connectivity index (χ0) is 18.3. The van der Waals surface area contributed by atoms with Gasteiger partial charge in [0.1, 0.15) is 18.5 Å². The van der Waals surface area contributed by atoms with E-state index in [1.807, 2.05) is 12.1 Å². The van der Waals surface area contributed by atoms with Crippen molar-refractivity contribution in [3.8, 4) is 5.75 Å². The molecule has 1 N–H and O–H groups in total. The van der Waals surface area contributed by atoms with Gasteiger partial charge in [-0.25, -0.2) is 4.79 Å². The maximum absolute atomic E-state index is 12.2. The molecule has 7 nitrogen and oxygen atoms in total. The summed E-state index contributed by atoms with van der Waals surface area (Å²) in [6, 6.07) is 5.96. The number of rotatable bonds is 4. The predicted octanol–water partition coefficient (Wildman–Crippen LogP) is 1.75. The molecule has 140 valence electrons. The van der Waals surface area contributed by atoms with Gasteiger partial charge in [0.15, 0.2) is 0 Å². The van der Waals surface area contributed by atoms with E-state index in [1.54, 1.807) is 6.07 Å². The monoisotopic (exact) mass is 367 g/mol. The third-order valence-electron chi connectivity index (χ3n) is 4.95. The van der Waals surface area contributed by atoms with Crippen molar-refractivity contribution in [2.24, 2.45) is 0 Å². The van der Waals surface area contributed by atoms with Crippen LogP contribution in [0.15, 0.2) is 18.2 Å². The fourth-order valence-electron chi connectivity index (χ4n) is 3.67. The summed E-state index contributed by atoms with van der Waals surface area (Å²) in [4.78, 5) is 26.8. The van der Waals surface area contributed by atoms with E-state index < -0.39 is 24.5 Å². The maximum Gasteiger partial charge on any atom is 0.414 e. The first-order chi connectivity index (χ1) is 12.5. The molecule has 3 heterocycles. The van der Waals surface area contributed by atoms with E-state index in [-0.39, 0.29) is 13.1 Å². The van der Waals surface area contributed by atoms with Gasteiger partial charge in [-0.15, -0.1) is 0 Å². The summed E-state index contributed by atoms with van der Waals surface area (Å²) in [5.74, 6) is -0.648. The molecule has 0 saturated carbocycles. The number of nitrogens with one attached hydrogen (secondary N) is 1. The third-order valence-corrected chi connectivity index (χ3v) is 4.95. The van der Waals surface area contributed by atoms with E-state index in [9.17, 15) is 18.4 Å². The molecule has 3 aliphatic heterocycles. The molecule has 0 unspecified atom stereocenters. The second-order valence-corrected chi connectivity index (χ2v) is 6.61. The number of amides is 2. The second-order valence-electron chi connectivity index (χ2n) is 6.61. The molecule has 1 aromatic carbocycles. The largest absolute Gasteiger partial charge is 0.489 e. The van der Waals surface area contributed by atoms with Crippen LogP contribution in [0.4, 0.5) is 25.0 Å². The van der Waals surface area contributed by atoms with Crippen molar-refractivity contribution in [3.63, 3.8) is 0 Å². The van der Waals surface area contributed by atoms with Crippen LogP contribution in [0.25, 0.3) is 0 Å². The predicted molar refractivity (Wildman–Crippen MR) is 88.9 cm³/mol. The Hall–Kier alpha value is -2.58. The van der Waals surface area contributed by atoms with Crippen LogP contribution < -0.4 is 19.9 Å². The van der Waals surface area contributed by atoms with Gasteiger partial charge in [-0.2, -0.15) is 8.78 Å². The van der Waals surface area contributed by atoms with Crippen molar-refractivity contribution in [1.29, 1.82) is 0 Å². The van der Waals surface area contributed by atoms with E-state index in [0.29, 0.717) is 18.3 Å². The summed E-state index contributed by atoms with van der Waals surface area (Å²) >= 11 is 0. The zero-order valence-electron chi connectivity index (χ0n) is 14.0. The van der Waals surface area contributed by atoms with Gasteiger partial charge in [0.25, 0.3) is 5.91 Å². The van der Waals surface area contributed by atoms with Crippen LogP contribution in [0, 0.1) is 0 Å². The lowest BCUT2D eigenvalue weighted by molar-refractivity contribution is -0.132. The number of carbonyl (C=O) groups is 2. The first-order valence-electron chi connectivity index (χ1n) is 8.60. The molecule has 3 aliphatic rings. The Morgan fingerprint density at radius 1 is 1.38 bits per heavy atom. The molecule has 0 spiro atoms. The molecule has 0 aromatic heterocycles. The molecule has 0 aliphatic carbocycles. The van der Waals surface area contributed by atoms with E-state index >= 15 is 0 Å². The lowest BCUT2D eigenvalue weighted by atomic mass is 10.1. The van der Waals surface area contributed by atoms with Gasteiger partial charge in [0, 0.05) is 12.6 Å². The average Bonchev–Trinajstić information content (AvgIpc) is 3.25. The summed E-state index contributed by atoms with van der Waals surface area (Å²) in [6.45, 7) is 1.65. The van der Waals surface area contributed by atoms with E-state index in [1.165, 1.54) is 4.90 Å². The molecule has 2 atom stereocenters. The Balaban J connectivity index is 1.45. The molecule has 9 heteroatoms. The van der Waals surface area contributed by atoms with Crippen molar-refractivity contribution in [2.45, 2.75) is 31.4 Å². The number of benzene rings is 1. The molecule has 2 fully saturated rings. The summed E-state index contributed by atoms with van der Waals surface area (Å²) in [6.07, 6.45) is -2.08. The van der Waals surface area contributed by atoms with Crippen molar-refractivity contribution >= 4 is 23.4 Å². The highest BCUT2D eigenvalue weighted by Crippen LogP contribution is 2.40. The minimum Gasteiger partial charge on any atom is -0.489 e. The highest BCUT2D eigenvalue weighted by atomic mass is 19.3. The molecule has 1 aromatic rings. The molecule has 2 amide bonds. The number of ether oxygens (including phenoxy) is 2. The molecule has 26 heavy (non-hydrogen) atoms. The number of hydrogen-bond acceptors (Lipinski definition) is 5. The molecular weight excluding hydrogens is 348 g/mol. The Kier molecular flexibility index (Phi) is 4.29. The number of anilines is 2. The average molecular weight is 367 g/mol. The van der Waals surface area contributed by atoms with Crippen LogP contribution in [-0.4, -0.2) is 56.8 Å². The smallest absolute Gasteiger partial charge is 0.414 e. The molecule has 2 saturated heterocycles. The zero-order valence-corrected chi connectivity index (χ0v) is 14.0. The van der Waals surface area contributed by atoms with Gasteiger partial charge in [0.2, 0.25) is 0 Å². The number of halogens is 2. The minimum atomic E-state index is -3.09. The number of cyclic esters (lactones) is 1. The summed E-state index contributed by atoms with van der Waals surface area (Å²) in [5, 5.41) is 2.07. The van der Waals surface area contributed by atoms with Gasteiger partial charge < -0.3 is 19.7 Å². The van der Waals surface area contributed by atoms with E-state index in [0.717, 1.165) is 30.8 Å². The topological polar surface area (TPSA) is 71.1 Å². The number of hydrogen-bond donors (Lipinski definition) is 1. The fourth-order valence-corrected chi connectivity index (χ4v) is 3.67. The van der Waals surface area contributed by atoms with Crippen LogP contribution >= 0.6 is 0 Å². The number of carbonyl (C=O) groups excluding carboxylic acids is 2. The Bertz CT molecular complexity index is 730. The fraction of sp³-hybridized carbons (Fsp3) is 0.529. The standard InChI is InChI=1S/C17H19F2N3O4/c18-15(19)16(23)20-7-12-8-22(17(24)26-12)10-3-4-13-14(6-10)25-9-11-2-1-5-21(11)13/h3-4,6,11-12,15H,1-2,5,7-9H2,(H,20,23)/t11-,12-/m0/s1. The number of fused-ring (bicyclic) bond motifs is 3. The molecule has 4 rings (SSSR count). The highest BCUT2D eigenvalue weighted by molar-refractivity contribution is 5.91. The summed E-state index contributed by atoms with van der Waals surface area (Å²) < 4.78 is 35.4. The van der Waals surface area contributed by atoms with Crippen LogP contribution in [-0.2, 0) is 9.53 Å². The molecule has 0 bridgehead atoms. The lowest BCUT2D eigenvalue weighted by Crippen LogP contribution is -2.38. The second kappa shape index (κ2) is 6.62. The van der Waals surface area contributed by atoms with E-state index in [2.05, 4.69) is 10.2 Å². The SMILES string of the molecule is O=C(NC[C@H]1CN(c2ccc3c(c2)OC[C@@H]2CCCN32)C(=O)O1)C(F)F. The van der Waals surface area contributed by atoms with Gasteiger partial charge in [0.05, 0.1) is 30.5 Å². The summed E-state index contributed by atoms with van der Waals surface area (Å²) in [7, 11) is 0. The van der Waals surface area contributed by atoms with Crippen molar-refractivity contribution in [3.05, 3.63) is 18.2 Å². The van der Waals surface area contributed by atoms with Gasteiger partial charge in [-0.3, -0.25) is 9.69 Å². The van der Waals surface area contributed by atoms with Gasteiger partial charge >= 0.3 is 12.5 Å². The molecular formula is C17H19F2N3O4. The van der Waals surface area contributed by atoms with Crippen molar-refractivity contribution in [2.75, 3.05) is 36.0 Å². The first kappa shape index (κ1) is 16.9. The Labute approximate surface area is 148 Å². The normalized spacial score (nSPS) is 24.2. The third kappa shape index (κ3) is 3.02. The van der Waals surface area contributed by atoms with Gasteiger partial charge in [-0.05, 0) is 25.0 Å². The maximum atomic E-state index is 12.2. The van der Waals surface area contributed by atoms with Crippen LogP contribution in [0.3, 0.4) is 0 Å². The Morgan fingerprint density at radius 3 is 3.04 bits per heavy atom. The van der Waals surface area contributed by atoms with Crippen molar-refractivity contribution < 1.29 is 27.8 Å². The van der Waals surface area contributed by atoms with Crippen LogP contribution in [0.5, 0.6) is 5.75 Å². The van der Waals surface area contributed by atoms with Crippen LogP contribution in [0.2, 0.25) is 0 Å². The highest BCUT2D eigenvalue weighted by Gasteiger charge is 2.35. The lowest BCUT2D eigenvalue weighted by Gasteiger charge is -2.34. The van der Waals surface area contributed by atoms with E-state index in [4.69, 9.17) is 9.47 Å². The number of alkyl halides is 2. The van der Waals surface area contributed by atoms with Crippen LogP contribution in [0.1, 0.15) is 12.8 Å². The number of nitrogens with zero attached hydrogens (tertiary/aromatic N) is 2. The van der Waals surface area contributed by atoms with Gasteiger partial charge in [-0.1, -0.05) is 0 Å². The first-order valence-corrected chi connectivity index (χ1v) is 8.60. The Morgan fingerprint density at radius 2 is 2.23 bits per heavy atom. The minimum absolute atomic E-state index is 0.150. The quantitative estimate of drug-likeness (QED) is 0.878. The molecule has 0 radical (unpaired) electrons. The van der Waals surface area contributed by atoms with Crippen molar-refractivity contribution in [1.82, 2.24) is 5.32 Å². The summed E-state index contributed by atoms with van der Waals surface area (Å²) in [5.41, 5.74) is 1.64.